The van der Waals surface area contributed by atoms with Crippen LogP contribution in [0.5, 0.6) is 0 Å². The topological polar surface area (TPSA) is 81.4 Å². The third-order valence-electron chi connectivity index (χ3n) is 3.42. The molecular weight excluding hydrogens is 266 g/mol. The summed E-state index contributed by atoms with van der Waals surface area (Å²) in [5, 5.41) is 8.10. The van der Waals surface area contributed by atoms with Crippen LogP contribution in [0.1, 0.15) is 34.9 Å². The normalized spacial score (nSPS) is 22.4. The fourth-order valence-electron chi connectivity index (χ4n) is 2.50. The Kier molecular flexibility index (Phi) is 2.85. The van der Waals surface area contributed by atoms with Gasteiger partial charge < -0.3 is 0 Å². The first-order chi connectivity index (χ1) is 9.09. The minimum Gasteiger partial charge on any atom is -0.298 e. The molecule has 0 radical (unpaired) electrons. The van der Waals surface area contributed by atoms with Crippen LogP contribution in [0, 0.1) is 0 Å². The van der Waals surface area contributed by atoms with Crippen molar-refractivity contribution < 1.29 is 13.2 Å². The number of pyridine rings is 1. The van der Waals surface area contributed by atoms with Crippen LogP contribution in [-0.4, -0.2) is 40.8 Å². The number of hydrogen-bond donors (Lipinski definition) is 0. The van der Waals surface area contributed by atoms with Gasteiger partial charge in [0.2, 0.25) is 0 Å². The molecule has 1 aliphatic rings. The Balaban J connectivity index is 2.03. The number of carbonyl (C=O) groups is 1. The second-order valence-corrected chi connectivity index (χ2v) is 7.05. The van der Waals surface area contributed by atoms with E-state index in [0.29, 0.717) is 23.5 Å². The minimum atomic E-state index is -2.98. The predicted octanol–water partition coefficient (Wildman–Crippen LogP) is 0.834. The summed E-state index contributed by atoms with van der Waals surface area (Å²) in [6.45, 7) is 0. The highest BCUT2D eigenvalue weighted by atomic mass is 32.2. The molecule has 3 rings (SSSR count). The molecule has 1 saturated heterocycles. The van der Waals surface area contributed by atoms with Gasteiger partial charge in [0.1, 0.15) is 12.1 Å². The van der Waals surface area contributed by atoms with Crippen LogP contribution in [-0.2, 0) is 9.84 Å². The van der Waals surface area contributed by atoms with Gasteiger partial charge in [-0.05, 0) is 25.0 Å². The standard InChI is InChI=1S/C12H13N3O3S/c16-7-9-3-4-15-11(6-9)13-14-12(15)10-2-1-5-19(17,18)8-10/h3-4,6-7,10H,1-2,5,8H2. The van der Waals surface area contributed by atoms with Gasteiger partial charge in [0.25, 0.3) is 0 Å². The van der Waals surface area contributed by atoms with E-state index >= 15 is 0 Å². The number of fused-ring (bicyclic) bond motifs is 1. The number of aldehydes is 1. The Bertz CT molecular complexity index is 736. The lowest BCUT2D eigenvalue weighted by Gasteiger charge is -2.20. The van der Waals surface area contributed by atoms with Crippen molar-refractivity contribution in [2.75, 3.05) is 11.5 Å². The summed E-state index contributed by atoms with van der Waals surface area (Å²) in [5.74, 6) is 0.935. The van der Waals surface area contributed by atoms with Crippen molar-refractivity contribution in [3.8, 4) is 0 Å². The zero-order valence-corrected chi connectivity index (χ0v) is 11.0. The van der Waals surface area contributed by atoms with Gasteiger partial charge in [-0.25, -0.2) is 8.42 Å². The molecule has 0 bridgehead atoms. The van der Waals surface area contributed by atoms with Crippen LogP contribution in [0.4, 0.5) is 0 Å². The van der Waals surface area contributed by atoms with Crippen molar-refractivity contribution >= 4 is 21.8 Å². The lowest BCUT2D eigenvalue weighted by Crippen LogP contribution is -2.25. The zero-order chi connectivity index (χ0) is 13.5. The van der Waals surface area contributed by atoms with E-state index in [1.807, 2.05) is 0 Å². The highest BCUT2D eigenvalue weighted by molar-refractivity contribution is 7.91. The Morgan fingerprint density at radius 2 is 2.21 bits per heavy atom. The molecule has 2 aromatic heterocycles. The summed E-state index contributed by atoms with van der Waals surface area (Å²) in [5.41, 5.74) is 1.10. The molecule has 1 aliphatic heterocycles. The average molecular weight is 279 g/mol. The number of nitrogens with zero attached hydrogens (tertiary/aromatic N) is 3. The third kappa shape index (κ3) is 2.25. The van der Waals surface area contributed by atoms with Crippen LogP contribution >= 0.6 is 0 Å². The highest BCUT2D eigenvalue weighted by Crippen LogP contribution is 2.27. The molecule has 0 aliphatic carbocycles. The molecule has 2 aromatic rings. The molecule has 0 amide bonds. The van der Waals surface area contributed by atoms with Gasteiger partial charge in [0, 0.05) is 17.7 Å². The molecule has 7 heteroatoms. The molecule has 6 nitrogen and oxygen atoms in total. The van der Waals surface area contributed by atoms with E-state index in [1.165, 1.54) is 0 Å². The maximum atomic E-state index is 11.7. The highest BCUT2D eigenvalue weighted by Gasteiger charge is 2.29. The molecule has 0 spiro atoms. The molecule has 0 aromatic carbocycles. The van der Waals surface area contributed by atoms with E-state index in [4.69, 9.17) is 0 Å². The molecule has 100 valence electrons. The summed E-state index contributed by atoms with van der Waals surface area (Å²) in [7, 11) is -2.98. The Morgan fingerprint density at radius 1 is 1.37 bits per heavy atom. The van der Waals surface area contributed by atoms with E-state index in [9.17, 15) is 13.2 Å². The molecular formula is C12H13N3O3S. The van der Waals surface area contributed by atoms with Gasteiger partial charge in [-0.3, -0.25) is 9.20 Å². The van der Waals surface area contributed by atoms with E-state index in [-0.39, 0.29) is 17.4 Å². The van der Waals surface area contributed by atoms with Crippen molar-refractivity contribution in [3.05, 3.63) is 29.7 Å². The molecule has 19 heavy (non-hydrogen) atoms. The molecule has 1 unspecified atom stereocenters. The van der Waals surface area contributed by atoms with Crippen LogP contribution in [0.2, 0.25) is 0 Å². The smallest absolute Gasteiger partial charge is 0.161 e. The Morgan fingerprint density at radius 3 is 2.95 bits per heavy atom. The first kappa shape index (κ1) is 12.3. The largest absolute Gasteiger partial charge is 0.298 e. The van der Waals surface area contributed by atoms with Gasteiger partial charge in [-0.1, -0.05) is 0 Å². The lowest BCUT2D eigenvalue weighted by atomic mass is 10.0. The van der Waals surface area contributed by atoms with Gasteiger partial charge in [0.05, 0.1) is 11.5 Å². The van der Waals surface area contributed by atoms with Crippen molar-refractivity contribution in [2.45, 2.75) is 18.8 Å². The number of sulfone groups is 1. The van der Waals surface area contributed by atoms with Crippen LogP contribution in [0.3, 0.4) is 0 Å². The molecule has 3 heterocycles. The summed E-state index contributed by atoms with van der Waals surface area (Å²) in [4.78, 5) is 10.7. The first-order valence-electron chi connectivity index (χ1n) is 6.09. The fraction of sp³-hybridized carbons (Fsp3) is 0.417. The monoisotopic (exact) mass is 279 g/mol. The van der Waals surface area contributed by atoms with E-state index in [1.54, 1.807) is 22.7 Å². The van der Waals surface area contributed by atoms with Gasteiger partial charge in [0.15, 0.2) is 15.5 Å². The second kappa shape index (κ2) is 4.41. The van der Waals surface area contributed by atoms with Gasteiger partial charge >= 0.3 is 0 Å². The van der Waals surface area contributed by atoms with Crippen molar-refractivity contribution in [1.29, 1.82) is 0 Å². The maximum absolute atomic E-state index is 11.7. The number of rotatable bonds is 2. The van der Waals surface area contributed by atoms with E-state index in [2.05, 4.69) is 10.2 Å². The second-order valence-electron chi connectivity index (χ2n) is 4.82. The number of aromatic nitrogens is 3. The molecule has 0 N–H and O–H groups in total. The van der Waals surface area contributed by atoms with Crippen molar-refractivity contribution in [2.24, 2.45) is 0 Å². The summed E-state index contributed by atoms with van der Waals surface area (Å²) in [6, 6.07) is 3.31. The minimum absolute atomic E-state index is 0.115. The molecule has 1 atom stereocenters. The summed E-state index contributed by atoms with van der Waals surface area (Å²) >= 11 is 0. The fourth-order valence-corrected chi connectivity index (χ4v) is 4.21. The zero-order valence-electron chi connectivity index (χ0n) is 10.2. The maximum Gasteiger partial charge on any atom is 0.161 e. The van der Waals surface area contributed by atoms with Crippen molar-refractivity contribution in [1.82, 2.24) is 14.6 Å². The van der Waals surface area contributed by atoms with Gasteiger partial charge in [-0.15, -0.1) is 10.2 Å². The van der Waals surface area contributed by atoms with Crippen LogP contribution < -0.4 is 0 Å². The van der Waals surface area contributed by atoms with Crippen LogP contribution in [0.25, 0.3) is 5.65 Å². The van der Waals surface area contributed by atoms with E-state index < -0.39 is 9.84 Å². The van der Waals surface area contributed by atoms with E-state index in [0.717, 1.165) is 12.7 Å². The SMILES string of the molecule is O=Cc1ccn2c(C3CCCS(=O)(=O)C3)nnc2c1. The molecule has 1 fully saturated rings. The van der Waals surface area contributed by atoms with Gasteiger partial charge in [-0.2, -0.15) is 0 Å². The predicted molar refractivity (Wildman–Crippen MR) is 69.0 cm³/mol. The quantitative estimate of drug-likeness (QED) is 0.761. The Hall–Kier alpha value is -1.76. The lowest BCUT2D eigenvalue weighted by molar-refractivity contribution is 0.112. The first-order valence-corrected chi connectivity index (χ1v) is 7.91. The number of carbonyl (C=O) groups excluding carboxylic acids is 1. The number of hydrogen-bond acceptors (Lipinski definition) is 5. The van der Waals surface area contributed by atoms with Crippen molar-refractivity contribution in [3.63, 3.8) is 0 Å². The average Bonchev–Trinajstić information content (AvgIpc) is 2.80. The summed E-state index contributed by atoms with van der Waals surface area (Å²) < 4.78 is 25.1. The Labute approximate surface area is 110 Å². The molecule has 0 saturated carbocycles. The van der Waals surface area contributed by atoms with Crippen LogP contribution in [0.15, 0.2) is 18.3 Å². The third-order valence-corrected chi connectivity index (χ3v) is 5.25. The summed E-state index contributed by atoms with van der Waals surface area (Å²) in [6.07, 6.45) is 3.93.